The molecule has 0 radical (unpaired) electrons. The van der Waals surface area contributed by atoms with Crippen LogP contribution in [-0.4, -0.2) is 42.7 Å². The maximum atomic E-state index is 11.0. The molecule has 20 heavy (non-hydrogen) atoms. The minimum atomic E-state index is -0.349. The van der Waals surface area contributed by atoms with Crippen LogP contribution in [0.25, 0.3) is 0 Å². The summed E-state index contributed by atoms with van der Waals surface area (Å²) in [5.74, 6) is 0. The first-order valence-electron chi connectivity index (χ1n) is 6.90. The Bertz CT molecular complexity index is 479. The Kier molecular flexibility index (Phi) is 4.92. The standard InChI is InChI=1S/C14H21N3O3/c1-3-15-13-8-11(4-5-14(13)17(18)19)9-16-7-6-12(10-16)20-2/h4-5,8,12,15H,3,6-7,9-10H2,1-2H3. The smallest absolute Gasteiger partial charge is 0.292 e. The van der Waals surface area contributed by atoms with E-state index in [2.05, 4.69) is 10.2 Å². The van der Waals surface area contributed by atoms with Crippen molar-refractivity contribution in [1.29, 1.82) is 0 Å². The molecular weight excluding hydrogens is 258 g/mol. The van der Waals surface area contributed by atoms with Gasteiger partial charge in [-0.25, -0.2) is 0 Å². The van der Waals surface area contributed by atoms with Crippen molar-refractivity contribution in [3.8, 4) is 0 Å². The summed E-state index contributed by atoms with van der Waals surface area (Å²) in [6.07, 6.45) is 1.35. The number of nitrogens with zero attached hydrogens (tertiary/aromatic N) is 2. The molecule has 0 spiro atoms. The Hall–Kier alpha value is -1.66. The maximum absolute atomic E-state index is 11.0. The van der Waals surface area contributed by atoms with Gasteiger partial charge < -0.3 is 10.1 Å². The van der Waals surface area contributed by atoms with Crippen LogP contribution in [0.3, 0.4) is 0 Å². The fraction of sp³-hybridized carbons (Fsp3) is 0.571. The molecule has 1 N–H and O–H groups in total. The molecule has 0 aliphatic carbocycles. The summed E-state index contributed by atoms with van der Waals surface area (Å²) in [7, 11) is 1.74. The molecule has 6 heteroatoms. The normalized spacial score (nSPS) is 19.2. The maximum Gasteiger partial charge on any atom is 0.292 e. The lowest BCUT2D eigenvalue weighted by atomic mass is 10.1. The number of nitrogens with one attached hydrogen (secondary N) is 1. The van der Waals surface area contributed by atoms with Gasteiger partial charge in [-0.15, -0.1) is 0 Å². The van der Waals surface area contributed by atoms with Gasteiger partial charge in [0, 0.05) is 39.4 Å². The predicted molar refractivity (Wildman–Crippen MR) is 78.0 cm³/mol. The average Bonchev–Trinajstić information content (AvgIpc) is 2.87. The molecule has 1 aliphatic rings. The van der Waals surface area contributed by atoms with E-state index in [0.29, 0.717) is 18.3 Å². The molecule has 1 fully saturated rings. The van der Waals surface area contributed by atoms with Crippen LogP contribution in [0.4, 0.5) is 11.4 Å². The first kappa shape index (κ1) is 14.7. The topological polar surface area (TPSA) is 67.6 Å². The van der Waals surface area contributed by atoms with E-state index in [0.717, 1.165) is 31.6 Å². The number of benzene rings is 1. The highest BCUT2D eigenvalue weighted by molar-refractivity contribution is 5.62. The second-order valence-electron chi connectivity index (χ2n) is 5.02. The van der Waals surface area contributed by atoms with E-state index in [1.807, 2.05) is 19.1 Å². The van der Waals surface area contributed by atoms with Gasteiger partial charge in [-0.05, 0) is 25.0 Å². The first-order chi connectivity index (χ1) is 9.63. The van der Waals surface area contributed by atoms with Crippen LogP contribution < -0.4 is 5.32 Å². The Morgan fingerprint density at radius 1 is 1.55 bits per heavy atom. The molecule has 1 aromatic carbocycles. The molecule has 0 saturated carbocycles. The third kappa shape index (κ3) is 3.46. The second-order valence-corrected chi connectivity index (χ2v) is 5.02. The molecule has 0 aromatic heterocycles. The highest BCUT2D eigenvalue weighted by atomic mass is 16.6. The highest BCUT2D eigenvalue weighted by Crippen LogP contribution is 2.26. The van der Waals surface area contributed by atoms with Crippen molar-refractivity contribution in [2.24, 2.45) is 0 Å². The van der Waals surface area contributed by atoms with Crippen molar-refractivity contribution in [2.75, 3.05) is 32.1 Å². The molecule has 1 aromatic rings. The van der Waals surface area contributed by atoms with Crippen molar-refractivity contribution in [3.63, 3.8) is 0 Å². The van der Waals surface area contributed by atoms with Crippen LogP contribution >= 0.6 is 0 Å². The van der Waals surface area contributed by atoms with Gasteiger partial charge in [-0.1, -0.05) is 6.07 Å². The quantitative estimate of drug-likeness (QED) is 0.639. The molecule has 0 amide bonds. The van der Waals surface area contributed by atoms with Crippen molar-refractivity contribution in [1.82, 2.24) is 4.90 Å². The van der Waals surface area contributed by atoms with E-state index in [9.17, 15) is 10.1 Å². The van der Waals surface area contributed by atoms with Crippen LogP contribution in [-0.2, 0) is 11.3 Å². The molecule has 6 nitrogen and oxygen atoms in total. The summed E-state index contributed by atoms with van der Waals surface area (Å²) in [5.41, 5.74) is 1.81. The fourth-order valence-corrected chi connectivity index (χ4v) is 2.56. The van der Waals surface area contributed by atoms with E-state index in [1.165, 1.54) is 0 Å². The molecule has 1 aliphatic heterocycles. The van der Waals surface area contributed by atoms with Crippen LogP contribution in [0.2, 0.25) is 0 Å². The van der Waals surface area contributed by atoms with E-state index in [4.69, 9.17) is 4.74 Å². The largest absolute Gasteiger partial charge is 0.380 e. The van der Waals surface area contributed by atoms with Gasteiger partial charge in [0.2, 0.25) is 0 Å². The van der Waals surface area contributed by atoms with Gasteiger partial charge in [0.25, 0.3) is 5.69 Å². The average molecular weight is 279 g/mol. The number of ether oxygens (including phenoxy) is 1. The zero-order valence-corrected chi connectivity index (χ0v) is 12.0. The van der Waals surface area contributed by atoms with Gasteiger partial charge in [0.05, 0.1) is 11.0 Å². The molecule has 1 saturated heterocycles. The zero-order chi connectivity index (χ0) is 14.5. The van der Waals surface area contributed by atoms with Crippen molar-refractivity contribution in [3.05, 3.63) is 33.9 Å². The third-order valence-corrected chi connectivity index (χ3v) is 3.59. The Morgan fingerprint density at radius 3 is 2.95 bits per heavy atom. The Labute approximate surface area is 118 Å². The summed E-state index contributed by atoms with van der Waals surface area (Å²) < 4.78 is 5.35. The number of nitro benzene ring substituents is 1. The van der Waals surface area contributed by atoms with Crippen molar-refractivity contribution in [2.45, 2.75) is 26.0 Å². The molecule has 1 atom stereocenters. The summed E-state index contributed by atoms with van der Waals surface area (Å²) in [6.45, 7) is 5.33. The van der Waals surface area contributed by atoms with Crippen LogP contribution in [0.15, 0.2) is 18.2 Å². The molecule has 1 unspecified atom stereocenters. The summed E-state index contributed by atoms with van der Waals surface area (Å²) in [5, 5.41) is 14.0. The van der Waals surface area contributed by atoms with Crippen molar-refractivity contribution >= 4 is 11.4 Å². The molecule has 1 heterocycles. The first-order valence-corrected chi connectivity index (χ1v) is 6.90. The van der Waals surface area contributed by atoms with Crippen molar-refractivity contribution < 1.29 is 9.66 Å². The molecular formula is C14H21N3O3. The number of rotatable bonds is 6. The van der Waals surface area contributed by atoms with Gasteiger partial charge in [0.15, 0.2) is 0 Å². The lowest BCUT2D eigenvalue weighted by Crippen LogP contribution is -2.22. The number of likely N-dealkylation sites (tertiary alicyclic amines) is 1. The van der Waals surface area contributed by atoms with Gasteiger partial charge in [-0.2, -0.15) is 0 Å². The van der Waals surface area contributed by atoms with Crippen LogP contribution in [0.1, 0.15) is 18.9 Å². The lowest BCUT2D eigenvalue weighted by Gasteiger charge is -2.16. The lowest BCUT2D eigenvalue weighted by molar-refractivity contribution is -0.384. The molecule has 2 rings (SSSR count). The minimum Gasteiger partial charge on any atom is -0.380 e. The summed E-state index contributed by atoms with van der Waals surface area (Å²) in [6, 6.07) is 5.29. The summed E-state index contributed by atoms with van der Waals surface area (Å²) in [4.78, 5) is 12.9. The van der Waals surface area contributed by atoms with Gasteiger partial charge in [0.1, 0.15) is 5.69 Å². The van der Waals surface area contributed by atoms with E-state index >= 15 is 0 Å². The number of anilines is 1. The minimum absolute atomic E-state index is 0.131. The number of hydrogen-bond donors (Lipinski definition) is 1. The Balaban J connectivity index is 2.09. The fourth-order valence-electron chi connectivity index (χ4n) is 2.56. The van der Waals surface area contributed by atoms with Crippen LogP contribution in [0, 0.1) is 10.1 Å². The summed E-state index contributed by atoms with van der Waals surface area (Å²) >= 11 is 0. The monoisotopic (exact) mass is 279 g/mol. The second kappa shape index (κ2) is 6.67. The molecule has 110 valence electrons. The highest BCUT2D eigenvalue weighted by Gasteiger charge is 2.22. The van der Waals surface area contributed by atoms with Gasteiger partial charge in [-0.3, -0.25) is 15.0 Å². The van der Waals surface area contributed by atoms with Gasteiger partial charge >= 0.3 is 0 Å². The van der Waals surface area contributed by atoms with Crippen LogP contribution in [0.5, 0.6) is 0 Å². The van der Waals surface area contributed by atoms with E-state index in [1.54, 1.807) is 13.2 Å². The molecule has 0 bridgehead atoms. The number of methoxy groups -OCH3 is 1. The third-order valence-electron chi connectivity index (χ3n) is 3.59. The number of hydrogen-bond acceptors (Lipinski definition) is 5. The number of nitro groups is 1. The Morgan fingerprint density at radius 2 is 2.35 bits per heavy atom. The van der Waals surface area contributed by atoms with E-state index < -0.39 is 0 Å². The predicted octanol–water partition coefficient (Wildman–Crippen LogP) is 2.25. The van der Waals surface area contributed by atoms with E-state index in [-0.39, 0.29) is 10.6 Å². The SMILES string of the molecule is CCNc1cc(CN2CCC(OC)C2)ccc1[N+](=O)[O-]. The zero-order valence-electron chi connectivity index (χ0n) is 12.0.